The number of halogens is 1. The van der Waals surface area contributed by atoms with E-state index < -0.39 is 5.82 Å². The number of benzene rings is 2. The molecule has 3 aromatic heterocycles. The summed E-state index contributed by atoms with van der Waals surface area (Å²) in [5.74, 6) is 0.824. The molecule has 0 saturated heterocycles. The molecule has 1 saturated carbocycles. The molecule has 0 aliphatic heterocycles. The predicted octanol–water partition coefficient (Wildman–Crippen LogP) is 6.37. The number of nitrogens with one attached hydrogen (secondary N) is 1. The zero-order valence-corrected chi connectivity index (χ0v) is 21.7. The molecule has 38 heavy (non-hydrogen) atoms. The summed E-state index contributed by atoms with van der Waals surface area (Å²) in [6.07, 6.45) is 10.5. The number of aryl methyl sites for hydroxylation is 1. The van der Waals surface area contributed by atoms with E-state index in [0.29, 0.717) is 11.5 Å². The maximum atomic E-state index is 14.8. The van der Waals surface area contributed by atoms with E-state index in [1.165, 1.54) is 37.8 Å². The van der Waals surface area contributed by atoms with E-state index in [2.05, 4.69) is 25.9 Å². The van der Waals surface area contributed by atoms with Crippen molar-refractivity contribution in [2.24, 2.45) is 18.9 Å². The average Bonchev–Trinajstić information content (AvgIpc) is 3.52. The van der Waals surface area contributed by atoms with Gasteiger partial charge >= 0.3 is 0 Å². The highest BCUT2D eigenvalue weighted by Gasteiger charge is 2.23. The van der Waals surface area contributed by atoms with Crippen LogP contribution in [0.5, 0.6) is 0 Å². The molecule has 0 unspecified atom stereocenters. The summed E-state index contributed by atoms with van der Waals surface area (Å²) in [4.78, 5) is 13.1. The standard InChI is InChI=1S/C30H30FN7/c1-32-14-19-4-6-20(7-5-19)17-38-18-35-30-27(38)16-34-29(22-9-11-26-23(12-22)15-36-37(26)3)28(30)21-8-10-25(33-2)24(31)13-21/h8-13,15-16,18-20,32H,4-7,14,17H2,1,3H3. The van der Waals surface area contributed by atoms with E-state index in [1.54, 1.807) is 6.07 Å². The highest BCUT2D eigenvalue weighted by atomic mass is 19.1. The fourth-order valence-corrected chi connectivity index (χ4v) is 5.91. The third-order valence-corrected chi connectivity index (χ3v) is 7.96. The lowest BCUT2D eigenvalue weighted by molar-refractivity contribution is 0.251. The van der Waals surface area contributed by atoms with Gasteiger partial charge in [0.05, 0.1) is 42.0 Å². The maximum absolute atomic E-state index is 14.8. The highest BCUT2D eigenvalue weighted by molar-refractivity contribution is 6.00. The van der Waals surface area contributed by atoms with E-state index in [0.717, 1.165) is 57.8 Å². The number of imidazole rings is 1. The zero-order chi connectivity index (χ0) is 26.2. The van der Waals surface area contributed by atoms with Crippen LogP contribution in [0, 0.1) is 24.2 Å². The van der Waals surface area contributed by atoms with Gasteiger partial charge in [0.1, 0.15) is 11.3 Å². The lowest BCUT2D eigenvalue weighted by Gasteiger charge is -2.28. The van der Waals surface area contributed by atoms with Gasteiger partial charge in [-0.2, -0.15) is 5.10 Å². The Morgan fingerprint density at radius 1 is 1.00 bits per heavy atom. The molecule has 1 aliphatic carbocycles. The molecule has 0 spiro atoms. The van der Waals surface area contributed by atoms with E-state index in [4.69, 9.17) is 16.5 Å². The van der Waals surface area contributed by atoms with Crippen LogP contribution in [0.4, 0.5) is 10.1 Å². The van der Waals surface area contributed by atoms with Gasteiger partial charge in [-0.15, -0.1) is 0 Å². The summed E-state index contributed by atoms with van der Waals surface area (Å²) in [6, 6.07) is 10.9. The Balaban J connectivity index is 1.44. The molecular formula is C30H30FN7. The molecule has 0 amide bonds. The smallest absolute Gasteiger partial charge is 0.222 e. The van der Waals surface area contributed by atoms with Crippen LogP contribution in [0.1, 0.15) is 25.7 Å². The number of nitrogens with zero attached hydrogens (tertiary/aromatic N) is 6. The quantitative estimate of drug-likeness (QED) is 0.271. The lowest BCUT2D eigenvalue weighted by Crippen LogP contribution is -2.25. The van der Waals surface area contributed by atoms with Crippen LogP contribution in [0.15, 0.2) is 55.1 Å². The summed E-state index contributed by atoms with van der Waals surface area (Å²) < 4.78 is 18.8. The van der Waals surface area contributed by atoms with Crippen molar-refractivity contribution in [2.45, 2.75) is 32.2 Å². The third-order valence-electron chi connectivity index (χ3n) is 7.96. The first-order chi connectivity index (χ1) is 18.6. The Bertz CT molecular complexity index is 1670. The first kappa shape index (κ1) is 24.3. The van der Waals surface area contributed by atoms with Crippen molar-refractivity contribution in [1.29, 1.82) is 0 Å². The SMILES string of the molecule is [C-]#[N+]c1ccc(-c2c(-c3ccc4c(cnn4C)c3)ncc3c2ncn3CC2CCC(CNC)CC2)cc1F. The van der Waals surface area contributed by atoms with E-state index in [9.17, 15) is 4.39 Å². The molecule has 0 atom stereocenters. The van der Waals surface area contributed by atoms with Gasteiger partial charge in [0.15, 0.2) is 0 Å². The number of hydrogen-bond donors (Lipinski definition) is 1. The molecule has 1 aliphatic rings. The van der Waals surface area contributed by atoms with Crippen molar-refractivity contribution in [3.63, 3.8) is 0 Å². The number of aromatic nitrogens is 5. The minimum absolute atomic E-state index is 0.00613. The molecule has 3 heterocycles. The lowest BCUT2D eigenvalue weighted by atomic mass is 9.82. The van der Waals surface area contributed by atoms with Gasteiger partial charge < -0.3 is 9.88 Å². The fraction of sp³-hybridized carbons (Fsp3) is 0.333. The van der Waals surface area contributed by atoms with Gasteiger partial charge in [0.2, 0.25) is 5.69 Å². The van der Waals surface area contributed by atoms with E-state index in [-0.39, 0.29) is 5.69 Å². The maximum Gasteiger partial charge on any atom is 0.222 e. The molecule has 6 rings (SSSR count). The van der Waals surface area contributed by atoms with Crippen LogP contribution >= 0.6 is 0 Å². The summed E-state index contributed by atoms with van der Waals surface area (Å²) >= 11 is 0. The van der Waals surface area contributed by atoms with Crippen molar-refractivity contribution in [3.05, 3.63) is 72.4 Å². The van der Waals surface area contributed by atoms with Crippen molar-refractivity contribution >= 4 is 27.6 Å². The second-order valence-corrected chi connectivity index (χ2v) is 10.4. The summed E-state index contributed by atoms with van der Waals surface area (Å²) in [5.41, 5.74) is 5.85. The third kappa shape index (κ3) is 4.33. The minimum atomic E-state index is -0.541. The van der Waals surface area contributed by atoms with Gasteiger partial charge in [-0.3, -0.25) is 9.67 Å². The normalized spacial score (nSPS) is 17.7. The molecule has 192 valence electrons. The Kier molecular flexibility index (Phi) is 6.38. The Morgan fingerprint density at radius 3 is 2.55 bits per heavy atom. The Hall–Kier alpha value is -4.09. The van der Waals surface area contributed by atoms with Gasteiger partial charge in [-0.1, -0.05) is 18.2 Å². The average molecular weight is 508 g/mol. The van der Waals surface area contributed by atoms with Crippen molar-refractivity contribution in [2.75, 3.05) is 13.6 Å². The minimum Gasteiger partial charge on any atom is -0.329 e. The van der Waals surface area contributed by atoms with Crippen LogP contribution in [-0.4, -0.2) is 37.9 Å². The number of fused-ring (bicyclic) bond motifs is 2. The van der Waals surface area contributed by atoms with Crippen LogP contribution in [-0.2, 0) is 13.6 Å². The Labute approximate surface area is 221 Å². The first-order valence-electron chi connectivity index (χ1n) is 13.1. The summed E-state index contributed by atoms with van der Waals surface area (Å²) in [7, 11) is 3.94. The molecule has 0 radical (unpaired) electrons. The van der Waals surface area contributed by atoms with Crippen molar-refractivity contribution < 1.29 is 4.39 Å². The number of hydrogen-bond acceptors (Lipinski definition) is 4. The molecule has 8 heteroatoms. The fourth-order valence-electron chi connectivity index (χ4n) is 5.91. The van der Waals surface area contributed by atoms with Crippen molar-refractivity contribution in [3.8, 4) is 22.4 Å². The van der Waals surface area contributed by atoms with Crippen LogP contribution in [0.3, 0.4) is 0 Å². The highest BCUT2D eigenvalue weighted by Crippen LogP contribution is 2.39. The molecule has 2 aromatic carbocycles. The largest absolute Gasteiger partial charge is 0.329 e. The second-order valence-electron chi connectivity index (χ2n) is 10.4. The summed E-state index contributed by atoms with van der Waals surface area (Å²) in [5, 5.41) is 8.68. The molecule has 1 fully saturated rings. The van der Waals surface area contributed by atoms with Gasteiger partial charge in [0.25, 0.3) is 0 Å². The molecule has 1 N–H and O–H groups in total. The topological polar surface area (TPSA) is 64.9 Å². The molecular weight excluding hydrogens is 477 g/mol. The Morgan fingerprint density at radius 2 is 1.79 bits per heavy atom. The monoisotopic (exact) mass is 507 g/mol. The zero-order valence-electron chi connectivity index (χ0n) is 21.7. The van der Waals surface area contributed by atoms with Gasteiger partial charge in [0, 0.05) is 30.1 Å². The number of rotatable bonds is 6. The molecule has 5 aromatic rings. The van der Waals surface area contributed by atoms with Gasteiger partial charge in [-0.05, 0) is 74.9 Å². The molecule has 7 nitrogen and oxygen atoms in total. The molecule has 0 bridgehead atoms. The predicted molar refractivity (Wildman–Crippen MR) is 148 cm³/mol. The van der Waals surface area contributed by atoms with E-state index >= 15 is 0 Å². The van der Waals surface area contributed by atoms with Crippen molar-refractivity contribution in [1.82, 2.24) is 29.6 Å². The first-order valence-corrected chi connectivity index (χ1v) is 13.1. The van der Waals surface area contributed by atoms with E-state index in [1.807, 2.05) is 49.6 Å². The van der Waals surface area contributed by atoms with Crippen LogP contribution in [0.25, 0.3) is 49.2 Å². The number of pyridine rings is 1. The van der Waals surface area contributed by atoms with Crippen LogP contribution < -0.4 is 5.32 Å². The van der Waals surface area contributed by atoms with Gasteiger partial charge in [-0.25, -0.2) is 14.2 Å². The second kappa shape index (κ2) is 9.99. The van der Waals surface area contributed by atoms with Crippen LogP contribution in [0.2, 0.25) is 0 Å². The summed E-state index contributed by atoms with van der Waals surface area (Å²) in [6.45, 7) is 9.24.